The van der Waals surface area contributed by atoms with Gasteiger partial charge in [-0.25, -0.2) is 0 Å². The molecule has 110 valence electrons. The number of amides is 1. The first-order valence-electron chi connectivity index (χ1n) is 7.35. The zero-order valence-corrected chi connectivity index (χ0v) is 12.4. The summed E-state index contributed by atoms with van der Waals surface area (Å²) in [5.74, 6) is 0.558. The van der Waals surface area contributed by atoms with Crippen LogP contribution in [0.25, 0.3) is 0 Å². The predicted molar refractivity (Wildman–Crippen MR) is 81.0 cm³/mol. The Kier molecular flexibility index (Phi) is 5.35. The Morgan fingerprint density at radius 3 is 2.90 bits per heavy atom. The molecule has 20 heavy (non-hydrogen) atoms. The van der Waals surface area contributed by atoms with Crippen molar-refractivity contribution in [2.45, 2.75) is 19.8 Å². The summed E-state index contributed by atoms with van der Waals surface area (Å²) in [6.07, 6.45) is 5.64. The first kappa shape index (κ1) is 14.8. The van der Waals surface area contributed by atoms with Crippen molar-refractivity contribution >= 4 is 11.6 Å². The monoisotopic (exact) mass is 276 g/mol. The van der Waals surface area contributed by atoms with Crippen LogP contribution in [-0.2, 0) is 0 Å². The van der Waals surface area contributed by atoms with Gasteiger partial charge in [-0.1, -0.05) is 0 Å². The van der Waals surface area contributed by atoms with Crippen molar-refractivity contribution in [1.82, 2.24) is 15.2 Å². The van der Waals surface area contributed by atoms with Gasteiger partial charge < -0.3 is 15.5 Å². The maximum absolute atomic E-state index is 12.2. The highest BCUT2D eigenvalue weighted by atomic mass is 16.1. The van der Waals surface area contributed by atoms with Crippen molar-refractivity contribution in [2.24, 2.45) is 5.92 Å². The molecule has 1 aromatic rings. The van der Waals surface area contributed by atoms with Crippen molar-refractivity contribution in [3.8, 4) is 0 Å². The van der Waals surface area contributed by atoms with E-state index in [1.807, 2.05) is 13.0 Å². The second kappa shape index (κ2) is 7.24. The Hall–Kier alpha value is -1.62. The quantitative estimate of drug-likeness (QED) is 0.857. The molecule has 0 radical (unpaired) electrons. The number of nitrogens with zero attached hydrogens (tertiary/aromatic N) is 2. The Morgan fingerprint density at radius 1 is 1.45 bits per heavy atom. The minimum atomic E-state index is -0.0343. The van der Waals surface area contributed by atoms with Crippen molar-refractivity contribution in [3.05, 3.63) is 24.0 Å². The number of carbonyl (C=O) groups excluding carboxylic acids is 1. The summed E-state index contributed by atoms with van der Waals surface area (Å²) in [6, 6.07) is 1.84. The number of likely N-dealkylation sites (tertiary alicyclic amines) is 1. The van der Waals surface area contributed by atoms with E-state index < -0.39 is 0 Å². The third-order valence-electron chi connectivity index (χ3n) is 3.82. The van der Waals surface area contributed by atoms with E-state index in [9.17, 15) is 4.79 Å². The minimum absolute atomic E-state index is 0.0343. The van der Waals surface area contributed by atoms with Crippen LogP contribution in [0.1, 0.15) is 30.1 Å². The molecule has 5 nitrogen and oxygen atoms in total. The molecule has 0 saturated carbocycles. The van der Waals surface area contributed by atoms with Crippen molar-refractivity contribution < 1.29 is 4.79 Å². The molecule has 0 unspecified atom stereocenters. The summed E-state index contributed by atoms with van der Waals surface area (Å²) in [4.78, 5) is 18.6. The van der Waals surface area contributed by atoms with Crippen LogP contribution in [0.5, 0.6) is 0 Å². The van der Waals surface area contributed by atoms with Gasteiger partial charge in [0.15, 0.2) is 0 Å². The van der Waals surface area contributed by atoms with Crippen molar-refractivity contribution in [1.29, 1.82) is 0 Å². The number of anilines is 1. The lowest BCUT2D eigenvalue weighted by molar-refractivity contribution is 0.0939. The minimum Gasteiger partial charge on any atom is -0.385 e. The highest BCUT2D eigenvalue weighted by Gasteiger charge is 2.18. The van der Waals surface area contributed by atoms with Gasteiger partial charge in [0.05, 0.1) is 11.3 Å². The van der Waals surface area contributed by atoms with Crippen LogP contribution >= 0.6 is 0 Å². The molecule has 0 spiro atoms. The number of aromatic nitrogens is 1. The normalized spacial score (nSPS) is 16.9. The molecule has 0 aliphatic carbocycles. The second-order valence-corrected chi connectivity index (χ2v) is 5.41. The number of piperidine rings is 1. The van der Waals surface area contributed by atoms with Gasteiger partial charge in [0, 0.05) is 25.5 Å². The van der Waals surface area contributed by atoms with Crippen LogP contribution in [-0.4, -0.2) is 49.0 Å². The van der Waals surface area contributed by atoms with Crippen LogP contribution < -0.4 is 10.6 Å². The largest absolute Gasteiger partial charge is 0.385 e. The third-order valence-corrected chi connectivity index (χ3v) is 3.82. The molecule has 1 aliphatic rings. The fraction of sp³-hybridized carbons (Fsp3) is 0.600. The number of pyridine rings is 1. The number of nitrogens with one attached hydrogen (secondary N) is 2. The number of rotatable bonds is 5. The van der Waals surface area contributed by atoms with E-state index in [4.69, 9.17) is 0 Å². The van der Waals surface area contributed by atoms with Gasteiger partial charge in [-0.05, 0) is 51.9 Å². The average molecular weight is 276 g/mol. The van der Waals surface area contributed by atoms with E-state index in [0.29, 0.717) is 11.5 Å². The molecule has 0 aromatic carbocycles. The maximum Gasteiger partial charge on any atom is 0.254 e. The molecular weight excluding hydrogens is 252 g/mol. The predicted octanol–water partition coefficient (Wildman–Crippen LogP) is 1.58. The Labute approximate surface area is 120 Å². The number of carbonyl (C=O) groups is 1. The molecule has 0 bridgehead atoms. The average Bonchev–Trinajstić information content (AvgIpc) is 2.47. The smallest absolute Gasteiger partial charge is 0.254 e. The van der Waals surface area contributed by atoms with Crippen LogP contribution in [0.3, 0.4) is 0 Å². The van der Waals surface area contributed by atoms with Gasteiger partial charge in [-0.15, -0.1) is 0 Å². The van der Waals surface area contributed by atoms with Crippen LogP contribution in [0.15, 0.2) is 18.5 Å². The van der Waals surface area contributed by atoms with Crippen molar-refractivity contribution in [3.63, 3.8) is 0 Å². The topological polar surface area (TPSA) is 57.3 Å². The Balaban J connectivity index is 1.88. The Morgan fingerprint density at radius 2 is 2.20 bits per heavy atom. The van der Waals surface area contributed by atoms with Crippen molar-refractivity contribution in [2.75, 3.05) is 38.5 Å². The fourth-order valence-electron chi connectivity index (χ4n) is 2.52. The van der Waals surface area contributed by atoms with Gasteiger partial charge in [-0.3, -0.25) is 9.78 Å². The summed E-state index contributed by atoms with van der Waals surface area (Å²) in [6.45, 7) is 5.80. The molecule has 1 aliphatic heterocycles. The standard InChI is InChI=1S/C15H24N4O/c1-3-17-14-4-7-16-11-13(14)15(20)18-10-12-5-8-19(2)9-6-12/h4,7,11-12H,3,5-6,8-10H2,1-2H3,(H,16,17)(H,18,20). The maximum atomic E-state index is 12.2. The van der Waals surface area contributed by atoms with E-state index in [1.54, 1.807) is 12.4 Å². The van der Waals surface area contributed by atoms with Gasteiger partial charge in [0.1, 0.15) is 0 Å². The van der Waals surface area contributed by atoms with E-state index in [-0.39, 0.29) is 5.91 Å². The first-order valence-corrected chi connectivity index (χ1v) is 7.35. The molecule has 1 saturated heterocycles. The summed E-state index contributed by atoms with van der Waals surface area (Å²) >= 11 is 0. The zero-order valence-electron chi connectivity index (χ0n) is 12.4. The molecule has 1 amide bonds. The van der Waals surface area contributed by atoms with E-state index >= 15 is 0 Å². The molecule has 2 rings (SSSR count). The van der Waals surface area contributed by atoms with Crippen LogP contribution in [0.2, 0.25) is 0 Å². The fourth-order valence-corrected chi connectivity index (χ4v) is 2.52. The summed E-state index contributed by atoms with van der Waals surface area (Å²) in [5, 5.41) is 6.24. The lowest BCUT2D eigenvalue weighted by Crippen LogP contribution is -2.37. The molecule has 0 atom stereocenters. The highest BCUT2D eigenvalue weighted by Crippen LogP contribution is 2.16. The van der Waals surface area contributed by atoms with E-state index in [2.05, 4.69) is 27.6 Å². The van der Waals surface area contributed by atoms with Gasteiger partial charge in [-0.2, -0.15) is 0 Å². The molecule has 1 fully saturated rings. The molecule has 5 heteroatoms. The summed E-state index contributed by atoms with van der Waals surface area (Å²) in [5.41, 5.74) is 1.48. The second-order valence-electron chi connectivity index (χ2n) is 5.41. The van der Waals surface area contributed by atoms with Crippen LogP contribution in [0.4, 0.5) is 5.69 Å². The molecule has 2 heterocycles. The summed E-state index contributed by atoms with van der Waals surface area (Å²) < 4.78 is 0. The molecular formula is C15H24N4O. The van der Waals surface area contributed by atoms with E-state index in [0.717, 1.165) is 44.7 Å². The van der Waals surface area contributed by atoms with Crippen LogP contribution in [0, 0.1) is 5.92 Å². The van der Waals surface area contributed by atoms with E-state index in [1.165, 1.54) is 0 Å². The number of hydrogen-bond donors (Lipinski definition) is 2. The first-order chi connectivity index (χ1) is 9.70. The number of hydrogen-bond acceptors (Lipinski definition) is 4. The third kappa shape index (κ3) is 3.93. The summed E-state index contributed by atoms with van der Waals surface area (Å²) in [7, 11) is 2.15. The molecule has 1 aromatic heterocycles. The lowest BCUT2D eigenvalue weighted by Gasteiger charge is -2.29. The van der Waals surface area contributed by atoms with Gasteiger partial charge in [0.25, 0.3) is 5.91 Å². The Bertz CT molecular complexity index is 441. The lowest BCUT2D eigenvalue weighted by atomic mass is 9.97. The SMILES string of the molecule is CCNc1ccncc1C(=O)NCC1CCN(C)CC1. The van der Waals surface area contributed by atoms with Gasteiger partial charge >= 0.3 is 0 Å². The molecule has 2 N–H and O–H groups in total. The highest BCUT2D eigenvalue weighted by molar-refractivity contribution is 5.99. The zero-order chi connectivity index (χ0) is 14.4. The van der Waals surface area contributed by atoms with Gasteiger partial charge in [0.2, 0.25) is 0 Å².